The third-order valence-corrected chi connectivity index (χ3v) is 2.81. The van der Waals surface area contributed by atoms with Crippen molar-refractivity contribution in [2.45, 2.75) is 39.2 Å². The van der Waals surface area contributed by atoms with Crippen LogP contribution in [0.2, 0.25) is 0 Å². The van der Waals surface area contributed by atoms with Gasteiger partial charge < -0.3 is 5.32 Å². The maximum atomic E-state index is 4.48. The van der Waals surface area contributed by atoms with Crippen LogP contribution < -0.4 is 5.32 Å². The molecule has 0 aromatic carbocycles. The third-order valence-electron chi connectivity index (χ3n) is 2.81. The number of aromatic nitrogens is 1. The minimum absolute atomic E-state index is 0.482. The Labute approximate surface area is 86.8 Å². The molecule has 78 valence electrons. The zero-order valence-electron chi connectivity index (χ0n) is 9.54. The van der Waals surface area contributed by atoms with E-state index in [1.54, 1.807) is 0 Å². The van der Waals surface area contributed by atoms with Crippen molar-refractivity contribution in [2.75, 3.05) is 7.05 Å². The van der Waals surface area contributed by atoms with Crippen molar-refractivity contribution in [1.82, 2.24) is 10.3 Å². The SMILES string of the molecule is CCC(c1ccc(C)cn1)C(C)NC. The molecule has 2 nitrogen and oxygen atoms in total. The first-order valence-corrected chi connectivity index (χ1v) is 5.28. The summed E-state index contributed by atoms with van der Waals surface area (Å²) in [5.74, 6) is 0.514. The molecule has 0 spiro atoms. The largest absolute Gasteiger partial charge is 0.317 e. The number of hydrogen-bond acceptors (Lipinski definition) is 2. The molecular weight excluding hydrogens is 172 g/mol. The smallest absolute Gasteiger partial charge is 0.0450 e. The van der Waals surface area contributed by atoms with Crippen LogP contribution >= 0.6 is 0 Å². The molecule has 0 saturated carbocycles. The van der Waals surface area contributed by atoms with E-state index in [2.05, 4.69) is 43.2 Å². The Morgan fingerprint density at radius 1 is 1.43 bits per heavy atom. The number of nitrogens with one attached hydrogen (secondary N) is 1. The zero-order valence-corrected chi connectivity index (χ0v) is 9.54. The average Bonchev–Trinajstić information content (AvgIpc) is 2.21. The molecule has 0 fully saturated rings. The maximum Gasteiger partial charge on any atom is 0.0450 e. The Hall–Kier alpha value is -0.890. The summed E-state index contributed by atoms with van der Waals surface area (Å²) < 4.78 is 0. The first-order chi connectivity index (χ1) is 6.69. The highest BCUT2D eigenvalue weighted by Crippen LogP contribution is 2.21. The van der Waals surface area contributed by atoms with E-state index in [9.17, 15) is 0 Å². The highest BCUT2D eigenvalue weighted by atomic mass is 14.9. The fraction of sp³-hybridized carbons (Fsp3) is 0.583. The molecule has 1 rings (SSSR count). The van der Waals surface area contributed by atoms with Crippen LogP contribution in [-0.2, 0) is 0 Å². The summed E-state index contributed by atoms with van der Waals surface area (Å²) in [7, 11) is 2.00. The Morgan fingerprint density at radius 3 is 2.57 bits per heavy atom. The summed E-state index contributed by atoms with van der Waals surface area (Å²) in [6.45, 7) is 6.48. The number of rotatable bonds is 4. The van der Waals surface area contributed by atoms with E-state index < -0.39 is 0 Å². The first-order valence-electron chi connectivity index (χ1n) is 5.28. The molecule has 0 amide bonds. The Bertz CT molecular complexity index is 266. The van der Waals surface area contributed by atoms with E-state index in [0.29, 0.717) is 12.0 Å². The van der Waals surface area contributed by atoms with Gasteiger partial charge in [0.2, 0.25) is 0 Å². The second kappa shape index (κ2) is 5.11. The Balaban J connectivity index is 2.84. The lowest BCUT2D eigenvalue weighted by Crippen LogP contribution is -2.29. The number of hydrogen-bond donors (Lipinski definition) is 1. The van der Waals surface area contributed by atoms with Gasteiger partial charge in [-0.25, -0.2) is 0 Å². The van der Waals surface area contributed by atoms with Gasteiger partial charge in [-0.1, -0.05) is 13.0 Å². The van der Waals surface area contributed by atoms with Gasteiger partial charge in [-0.05, 0) is 38.9 Å². The molecule has 1 aromatic heterocycles. The topological polar surface area (TPSA) is 24.9 Å². The molecule has 0 aliphatic rings. The van der Waals surface area contributed by atoms with Crippen LogP contribution in [0.3, 0.4) is 0 Å². The van der Waals surface area contributed by atoms with Crippen molar-refractivity contribution in [3.05, 3.63) is 29.6 Å². The number of pyridine rings is 1. The molecule has 1 heterocycles. The predicted molar refractivity (Wildman–Crippen MR) is 60.5 cm³/mol. The molecule has 0 aliphatic carbocycles. The molecule has 0 aliphatic heterocycles. The molecule has 0 saturated heterocycles. The molecule has 2 atom stereocenters. The van der Waals surface area contributed by atoms with Crippen LogP contribution in [0.4, 0.5) is 0 Å². The predicted octanol–water partition coefficient (Wildman–Crippen LogP) is 2.49. The lowest BCUT2D eigenvalue weighted by atomic mass is 9.94. The second-order valence-electron chi connectivity index (χ2n) is 3.85. The van der Waals surface area contributed by atoms with Gasteiger partial charge in [0.05, 0.1) is 0 Å². The summed E-state index contributed by atoms with van der Waals surface area (Å²) >= 11 is 0. The fourth-order valence-electron chi connectivity index (χ4n) is 1.72. The van der Waals surface area contributed by atoms with Crippen molar-refractivity contribution in [1.29, 1.82) is 0 Å². The van der Waals surface area contributed by atoms with Crippen molar-refractivity contribution >= 4 is 0 Å². The van der Waals surface area contributed by atoms with E-state index in [4.69, 9.17) is 0 Å². The molecular formula is C12H20N2. The van der Waals surface area contributed by atoms with Gasteiger partial charge in [0, 0.05) is 23.9 Å². The number of likely N-dealkylation sites (N-methyl/N-ethyl adjacent to an activating group) is 1. The van der Waals surface area contributed by atoms with Gasteiger partial charge in [0.1, 0.15) is 0 Å². The van der Waals surface area contributed by atoms with E-state index in [1.807, 2.05) is 13.2 Å². The van der Waals surface area contributed by atoms with Crippen molar-refractivity contribution in [3.63, 3.8) is 0 Å². The molecule has 1 N–H and O–H groups in total. The van der Waals surface area contributed by atoms with E-state index in [0.717, 1.165) is 6.42 Å². The molecule has 0 bridgehead atoms. The quantitative estimate of drug-likeness (QED) is 0.792. The zero-order chi connectivity index (χ0) is 10.6. The van der Waals surface area contributed by atoms with Crippen LogP contribution in [0.25, 0.3) is 0 Å². The molecule has 1 aromatic rings. The first kappa shape index (κ1) is 11.2. The number of nitrogens with zero attached hydrogens (tertiary/aromatic N) is 1. The van der Waals surface area contributed by atoms with Crippen molar-refractivity contribution < 1.29 is 0 Å². The maximum absolute atomic E-state index is 4.48. The van der Waals surface area contributed by atoms with E-state index >= 15 is 0 Å². The average molecular weight is 192 g/mol. The van der Waals surface area contributed by atoms with E-state index in [1.165, 1.54) is 11.3 Å². The molecule has 0 radical (unpaired) electrons. The molecule has 14 heavy (non-hydrogen) atoms. The van der Waals surface area contributed by atoms with Gasteiger partial charge in [-0.15, -0.1) is 0 Å². The molecule has 2 heteroatoms. The van der Waals surface area contributed by atoms with Gasteiger partial charge in [-0.2, -0.15) is 0 Å². The summed E-state index contributed by atoms with van der Waals surface area (Å²) in [5, 5.41) is 3.29. The van der Waals surface area contributed by atoms with E-state index in [-0.39, 0.29) is 0 Å². The van der Waals surface area contributed by atoms with Crippen LogP contribution in [0, 0.1) is 6.92 Å². The van der Waals surface area contributed by atoms with Crippen LogP contribution in [0.1, 0.15) is 37.4 Å². The van der Waals surface area contributed by atoms with Crippen molar-refractivity contribution in [3.8, 4) is 0 Å². The standard InChI is InChI=1S/C12H20N2/c1-5-11(10(3)13-4)12-7-6-9(2)8-14-12/h6-8,10-11,13H,5H2,1-4H3. The monoisotopic (exact) mass is 192 g/mol. The summed E-state index contributed by atoms with van der Waals surface area (Å²) in [5.41, 5.74) is 2.42. The highest BCUT2D eigenvalue weighted by molar-refractivity contribution is 5.16. The fourth-order valence-corrected chi connectivity index (χ4v) is 1.72. The minimum atomic E-state index is 0.482. The van der Waals surface area contributed by atoms with Crippen LogP contribution in [0.5, 0.6) is 0 Å². The third kappa shape index (κ3) is 2.55. The normalized spacial score (nSPS) is 15.1. The summed E-state index contributed by atoms with van der Waals surface area (Å²) in [6.07, 6.45) is 3.07. The second-order valence-corrected chi connectivity index (χ2v) is 3.85. The van der Waals surface area contributed by atoms with Gasteiger partial charge in [0.25, 0.3) is 0 Å². The van der Waals surface area contributed by atoms with Crippen LogP contribution in [0.15, 0.2) is 18.3 Å². The van der Waals surface area contributed by atoms with Crippen molar-refractivity contribution in [2.24, 2.45) is 0 Å². The molecule has 2 unspecified atom stereocenters. The lowest BCUT2D eigenvalue weighted by Gasteiger charge is -2.21. The Kier molecular flexibility index (Phi) is 4.08. The van der Waals surface area contributed by atoms with Crippen LogP contribution in [-0.4, -0.2) is 18.1 Å². The highest BCUT2D eigenvalue weighted by Gasteiger charge is 2.16. The summed E-state index contributed by atoms with van der Waals surface area (Å²) in [4.78, 5) is 4.48. The Morgan fingerprint density at radius 2 is 2.14 bits per heavy atom. The summed E-state index contributed by atoms with van der Waals surface area (Å²) in [6, 6.07) is 4.75. The number of aryl methyl sites for hydroxylation is 1. The van der Waals surface area contributed by atoms with Gasteiger partial charge in [-0.3, -0.25) is 4.98 Å². The minimum Gasteiger partial charge on any atom is -0.317 e. The lowest BCUT2D eigenvalue weighted by molar-refractivity contribution is 0.474. The van der Waals surface area contributed by atoms with Gasteiger partial charge in [0.15, 0.2) is 0 Å². The van der Waals surface area contributed by atoms with Gasteiger partial charge >= 0.3 is 0 Å².